The molecule has 0 spiro atoms. The van der Waals surface area contributed by atoms with Crippen molar-refractivity contribution in [2.75, 3.05) is 26.3 Å². The van der Waals surface area contributed by atoms with Crippen molar-refractivity contribution < 1.29 is 9.53 Å². The fourth-order valence-electron chi connectivity index (χ4n) is 2.35. The van der Waals surface area contributed by atoms with E-state index in [0.29, 0.717) is 32.7 Å². The van der Waals surface area contributed by atoms with E-state index in [4.69, 9.17) is 10.5 Å². The summed E-state index contributed by atoms with van der Waals surface area (Å²) in [4.78, 5) is 14.2. The first-order valence-electron chi connectivity index (χ1n) is 6.89. The zero-order valence-corrected chi connectivity index (χ0v) is 11.5. The number of amides is 1. The molecular formula is C15H22N2O2. The topological polar surface area (TPSA) is 55.6 Å². The zero-order valence-electron chi connectivity index (χ0n) is 11.5. The molecule has 1 aromatic rings. The highest BCUT2D eigenvalue weighted by atomic mass is 16.5. The Bertz CT molecular complexity index is 417. The predicted molar refractivity (Wildman–Crippen MR) is 74.9 cm³/mol. The third kappa shape index (κ3) is 3.55. The summed E-state index contributed by atoms with van der Waals surface area (Å²) in [5, 5.41) is 0. The second-order valence-corrected chi connectivity index (χ2v) is 4.90. The first-order valence-corrected chi connectivity index (χ1v) is 6.89. The van der Waals surface area contributed by atoms with Crippen LogP contribution in [-0.4, -0.2) is 43.2 Å². The van der Waals surface area contributed by atoms with Gasteiger partial charge >= 0.3 is 0 Å². The number of rotatable bonds is 4. The number of nitrogens with two attached hydrogens (primary N) is 1. The number of hydrogen-bond acceptors (Lipinski definition) is 3. The second kappa shape index (κ2) is 6.68. The van der Waals surface area contributed by atoms with Gasteiger partial charge in [0.25, 0.3) is 0 Å². The van der Waals surface area contributed by atoms with E-state index < -0.39 is 0 Å². The molecule has 104 valence electrons. The third-order valence-corrected chi connectivity index (χ3v) is 3.61. The Morgan fingerprint density at radius 3 is 2.68 bits per heavy atom. The summed E-state index contributed by atoms with van der Waals surface area (Å²) in [7, 11) is 0. The number of morpholine rings is 1. The maximum absolute atomic E-state index is 12.3. The number of carbonyl (C=O) groups is 1. The van der Waals surface area contributed by atoms with E-state index in [9.17, 15) is 4.79 Å². The monoisotopic (exact) mass is 262 g/mol. The minimum atomic E-state index is 0.0242. The summed E-state index contributed by atoms with van der Waals surface area (Å²) in [6.45, 7) is 4.39. The van der Waals surface area contributed by atoms with Gasteiger partial charge in [0.05, 0.1) is 25.7 Å². The molecular weight excluding hydrogens is 240 g/mol. The van der Waals surface area contributed by atoms with Crippen molar-refractivity contribution in [1.29, 1.82) is 0 Å². The van der Waals surface area contributed by atoms with Crippen LogP contribution < -0.4 is 5.73 Å². The summed E-state index contributed by atoms with van der Waals surface area (Å²) in [6, 6.07) is 8.27. The molecule has 4 nitrogen and oxygen atoms in total. The van der Waals surface area contributed by atoms with Crippen LogP contribution in [0.3, 0.4) is 0 Å². The van der Waals surface area contributed by atoms with Crippen LogP contribution in [0.4, 0.5) is 0 Å². The van der Waals surface area contributed by atoms with Gasteiger partial charge in [-0.05, 0) is 17.5 Å². The quantitative estimate of drug-likeness (QED) is 0.880. The number of ether oxygens (including phenoxy) is 1. The molecule has 1 aromatic carbocycles. The molecule has 0 aliphatic carbocycles. The smallest absolute Gasteiger partial charge is 0.227 e. The van der Waals surface area contributed by atoms with Gasteiger partial charge in [-0.25, -0.2) is 0 Å². The number of carbonyl (C=O) groups excluding carboxylic acids is 1. The van der Waals surface area contributed by atoms with E-state index in [2.05, 4.69) is 19.1 Å². The molecule has 1 aliphatic heterocycles. The van der Waals surface area contributed by atoms with Crippen molar-refractivity contribution in [2.24, 2.45) is 5.73 Å². The molecule has 0 aromatic heterocycles. The van der Waals surface area contributed by atoms with Crippen molar-refractivity contribution in [3.63, 3.8) is 0 Å². The average molecular weight is 262 g/mol. The lowest BCUT2D eigenvalue weighted by Gasteiger charge is -2.35. The van der Waals surface area contributed by atoms with Gasteiger partial charge in [0.2, 0.25) is 5.91 Å². The molecule has 1 aliphatic rings. The lowest BCUT2D eigenvalue weighted by molar-refractivity contribution is -0.138. The van der Waals surface area contributed by atoms with E-state index in [0.717, 1.165) is 12.0 Å². The summed E-state index contributed by atoms with van der Waals surface area (Å²) >= 11 is 0. The highest BCUT2D eigenvalue weighted by Gasteiger charge is 2.25. The highest BCUT2D eigenvalue weighted by Crippen LogP contribution is 2.11. The largest absolute Gasteiger partial charge is 0.377 e. The maximum Gasteiger partial charge on any atom is 0.227 e. The second-order valence-electron chi connectivity index (χ2n) is 4.90. The SMILES string of the molecule is CCc1ccc(CC(=O)N2CCOCC2CN)cc1. The first kappa shape index (κ1) is 14.0. The minimum absolute atomic E-state index is 0.0242. The fraction of sp³-hybridized carbons (Fsp3) is 0.533. The van der Waals surface area contributed by atoms with Gasteiger partial charge in [0, 0.05) is 13.1 Å². The van der Waals surface area contributed by atoms with Crippen LogP contribution in [0.2, 0.25) is 0 Å². The van der Waals surface area contributed by atoms with E-state index >= 15 is 0 Å². The Morgan fingerprint density at radius 1 is 1.37 bits per heavy atom. The van der Waals surface area contributed by atoms with E-state index in [1.807, 2.05) is 17.0 Å². The minimum Gasteiger partial charge on any atom is -0.377 e. The number of hydrogen-bond donors (Lipinski definition) is 1. The summed E-state index contributed by atoms with van der Waals surface area (Å²) in [5.41, 5.74) is 8.04. The predicted octanol–water partition coefficient (Wildman–Crippen LogP) is 0.978. The summed E-state index contributed by atoms with van der Waals surface area (Å²) < 4.78 is 5.36. The van der Waals surface area contributed by atoms with E-state index in [-0.39, 0.29) is 11.9 Å². The Kier molecular flexibility index (Phi) is 4.93. The lowest BCUT2D eigenvalue weighted by atomic mass is 10.1. The molecule has 1 unspecified atom stereocenters. The van der Waals surface area contributed by atoms with Crippen molar-refractivity contribution >= 4 is 5.91 Å². The van der Waals surface area contributed by atoms with Crippen molar-refractivity contribution in [2.45, 2.75) is 25.8 Å². The van der Waals surface area contributed by atoms with Crippen LogP contribution in [-0.2, 0) is 22.4 Å². The molecule has 2 rings (SSSR count). The zero-order chi connectivity index (χ0) is 13.7. The van der Waals surface area contributed by atoms with Crippen LogP contribution in [0.25, 0.3) is 0 Å². The van der Waals surface area contributed by atoms with Crippen molar-refractivity contribution in [3.05, 3.63) is 35.4 Å². The highest BCUT2D eigenvalue weighted by molar-refractivity contribution is 5.79. The molecule has 0 saturated carbocycles. The Hall–Kier alpha value is -1.39. The van der Waals surface area contributed by atoms with Gasteiger partial charge in [-0.3, -0.25) is 4.79 Å². The lowest BCUT2D eigenvalue weighted by Crippen LogP contribution is -2.52. The van der Waals surface area contributed by atoms with E-state index in [1.165, 1.54) is 5.56 Å². The number of nitrogens with zero attached hydrogens (tertiary/aromatic N) is 1. The molecule has 1 amide bonds. The molecule has 19 heavy (non-hydrogen) atoms. The van der Waals surface area contributed by atoms with Gasteiger partial charge in [-0.2, -0.15) is 0 Å². The third-order valence-electron chi connectivity index (χ3n) is 3.61. The van der Waals surface area contributed by atoms with Crippen LogP contribution in [0, 0.1) is 0 Å². The van der Waals surface area contributed by atoms with Crippen molar-refractivity contribution in [1.82, 2.24) is 4.90 Å². The number of benzene rings is 1. The van der Waals surface area contributed by atoms with Crippen LogP contribution in [0.15, 0.2) is 24.3 Å². The van der Waals surface area contributed by atoms with E-state index in [1.54, 1.807) is 0 Å². The molecule has 0 bridgehead atoms. The molecule has 1 fully saturated rings. The molecule has 0 radical (unpaired) electrons. The van der Waals surface area contributed by atoms with Gasteiger partial charge in [-0.1, -0.05) is 31.2 Å². The summed E-state index contributed by atoms with van der Waals surface area (Å²) in [5.74, 6) is 0.142. The van der Waals surface area contributed by atoms with Gasteiger partial charge < -0.3 is 15.4 Å². The average Bonchev–Trinajstić information content (AvgIpc) is 2.48. The molecule has 1 atom stereocenters. The number of aryl methyl sites for hydroxylation is 1. The van der Waals surface area contributed by atoms with Crippen LogP contribution >= 0.6 is 0 Å². The Morgan fingerprint density at radius 2 is 2.05 bits per heavy atom. The molecule has 2 N–H and O–H groups in total. The Balaban J connectivity index is 1.98. The first-order chi connectivity index (χ1) is 9.24. The Labute approximate surface area is 114 Å². The molecule has 4 heteroatoms. The molecule has 1 heterocycles. The van der Waals surface area contributed by atoms with Gasteiger partial charge in [0.1, 0.15) is 0 Å². The molecule has 1 saturated heterocycles. The fourth-order valence-corrected chi connectivity index (χ4v) is 2.35. The maximum atomic E-state index is 12.3. The van der Waals surface area contributed by atoms with Crippen LogP contribution in [0.5, 0.6) is 0 Å². The van der Waals surface area contributed by atoms with Crippen molar-refractivity contribution in [3.8, 4) is 0 Å². The van der Waals surface area contributed by atoms with Gasteiger partial charge in [0.15, 0.2) is 0 Å². The van der Waals surface area contributed by atoms with Gasteiger partial charge in [-0.15, -0.1) is 0 Å². The van der Waals surface area contributed by atoms with Crippen LogP contribution in [0.1, 0.15) is 18.1 Å². The standard InChI is InChI=1S/C15H22N2O2/c1-2-12-3-5-13(6-4-12)9-15(18)17-7-8-19-11-14(17)10-16/h3-6,14H,2,7-11,16H2,1H3. The normalized spacial score (nSPS) is 19.5. The summed E-state index contributed by atoms with van der Waals surface area (Å²) in [6.07, 6.45) is 1.47.